The monoisotopic (exact) mass is 280 g/mol. The lowest BCUT2D eigenvalue weighted by Gasteiger charge is -2.38. The van der Waals surface area contributed by atoms with Gasteiger partial charge in [0.2, 0.25) is 5.91 Å². The Balaban J connectivity index is 1.68. The second kappa shape index (κ2) is 6.46. The van der Waals surface area contributed by atoms with Crippen molar-refractivity contribution >= 4 is 5.91 Å². The van der Waals surface area contributed by atoms with Gasteiger partial charge in [0.1, 0.15) is 0 Å². The van der Waals surface area contributed by atoms with Crippen molar-refractivity contribution in [3.05, 3.63) is 0 Å². The van der Waals surface area contributed by atoms with Crippen LogP contribution in [0.5, 0.6) is 0 Å². The summed E-state index contributed by atoms with van der Waals surface area (Å²) in [5.74, 6) is 2.04. The summed E-state index contributed by atoms with van der Waals surface area (Å²) in [6.07, 6.45) is 7.25. The maximum Gasteiger partial charge on any atom is 0.222 e. The molecule has 3 nitrogen and oxygen atoms in total. The molecule has 0 bridgehead atoms. The summed E-state index contributed by atoms with van der Waals surface area (Å²) in [6.45, 7) is 9.17. The van der Waals surface area contributed by atoms with Crippen molar-refractivity contribution in [3.63, 3.8) is 0 Å². The molecule has 1 amide bonds. The van der Waals surface area contributed by atoms with E-state index in [1.807, 2.05) is 11.9 Å². The number of hydrogen-bond donors (Lipinski definition) is 1. The van der Waals surface area contributed by atoms with E-state index in [-0.39, 0.29) is 0 Å². The Morgan fingerprint density at radius 3 is 2.35 bits per heavy atom. The summed E-state index contributed by atoms with van der Waals surface area (Å²) in [5.41, 5.74) is 0.477. The zero-order valence-electron chi connectivity index (χ0n) is 13.7. The first-order valence-electron chi connectivity index (χ1n) is 8.33. The molecular formula is C17H32N2O. The third kappa shape index (κ3) is 4.21. The van der Waals surface area contributed by atoms with Gasteiger partial charge in [0.15, 0.2) is 0 Å². The van der Waals surface area contributed by atoms with E-state index in [0.29, 0.717) is 23.8 Å². The van der Waals surface area contributed by atoms with Crippen LogP contribution in [0.4, 0.5) is 0 Å². The Morgan fingerprint density at radius 2 is 1.80 bits per heavy atom. The first kappa shape index (κ1) is 15.8. The van der Waals surface area contributed by atoms with Gasteiger partial charge in [-0.3, -0.25) is 4.79 Å². The molecule has 0 aromatic carbocycles. The highest BCUT2D eigenvalue weighted by molar-refractivity contribution is 5.76. The number of nitrogens with one attached hydrogen (secondary N) is 1. The molecule has 1 aliphatic carbocycles. The molecule has 1 heterocycles. The molecule has 20 heavy (non-hydrogen) atoms. The van der Waals surface area contributed by atoms with Crippen LogP contribution < -0.4 is 5.32 Å². The predicted octanol–water partition coefficient (Wildman–Crippen LogP) is 3.05. The molecule has 1 aliphatic heterocycles. The number of likely N-dealkylation sites (tertiary alicyclic amines) is 1. The zero-order valence-corrected chi connectivity index (χ0v) is 13.7. The van der Waals surface area contributed by atoms with Crippen molar-refractivity contribution in [3.8, 4) is 0 Å². The van der Waals surface area contributed by atoms with Gasteiger partial charge in [-0.15, -0.1) is 0 Å². The molecule has 1 saturated carbocycles. The summed E-state index contributed by atoms with van der Waals surface area (Å²) in [7, 11) is 1.92. The van der Waals surface area contributed by atoms with Gasteiger partial charge in [0, 0.05) is 26.1 Å². The van der Waals surface area contributed by atoms with Gasteiger partial charge in [-0.1, -0.05) is 20.8 Å². The second-order valence-corrected chi connectivity index (χ2v) is 8.00. The van der Waals surface area contributed by atoms with E-state index in [9.17, 15) is 4.79 Å². The molecule has 1 N–H and O–H groups in total. The molecule has 1 unspecified atom stereocenters. The van der Waals surface area contributed by atoms with Crippen LogP contribution >= 0.6 is 0 Å². The highest BCUT2D eigenvalue weighted by Crippen LogP contribution is 2.39. The fourth-order valence-corrected chi connectivity index (χ4v) is 3.74. The van der Waals surface area contributed by atoms with Crippen molar-refractivity contribution in [2.24, 2.45) is 17.3 Å². The van der Waals surface area contributed by atoms with Crippen LogP contribution in [-0.2, 0) is 4.79 Å². The van der Waals surface area contributed by atoms with E-state index in [1.165, 1.54) is 25.7 Å². The van der Waals surface area contributed by atoms with Gasteiger partial charge in [-0.05, 0) is 55.9 Å². The Morgan fingerprint density at radius 1 is 1.15 bits per heavy atom. The lowest BCUT2D eigenvalue weighted by molar-refractivity contribution is -0.132. The standard InChI is InChI=1S/C17H32N2O/c1-17(2,3)14-7-5-13(6-8-14)11-18-15-9-10-16(20)19(4)12-15/h13-15,18H,5-12H2,1-4H3. The molecule has 116 valence electrons. The number of hydrogen-bond acceptors (Lipinski definition) is 2. The lowest BCUT2D eigenvalue weighted by Crippen LogP contribution is -2.48. The smallest absolute Gasteiger partial charge is 0.222 e. The highest BCUT2D eigenvalue weighted by atomic mass is 16.2. The summed E-state index contributed by atoms with van der Waals surface area (Å²) in [6, 6.07) is 0.512. The fourth-order valence-electron chi connectivity index (χ4n) is 3.74. The molecule has 2 aliphatic rings. The van der Waals surface area contributed by atoms with E-state index < -0.39 is 0 Å². The number of piperidine rings is 1. The molecule has 2 rings (SSSR count). The summed E-state index contributed by atoms with van der Waals surface area (Å²) in [5, 5.41) is 3.70. The number of likely N-dealkylation sites (N-methyl/N-ethyl adjacent to an activating group) is 1. The van der Waals surface area contributed by atoms with Gasteiger partial charge in [0.05, 0.1) is 0 Å². The Hall–Kier alpha value is -0.570. The normalized spacial score (nSPS) is 32.5. The maximum atomic E-state index is 11.5. The Kier molecular flexibility index (Phi) is 5.11. The van der Waals surface area contributed by atoms with Crippen LogP contribution in [0.2, 0.25) is 0 Å². The third-order valence-corrected chi connectivity index (χ3v) is 5.39. The minimum Gasteiger partial charge on any atom is -0.344 e. The van der Waals surface area contributed by atoms with Crippen LogP contribution in [0.25, 0.3) is 0 Å². The molecule has 0 aromatic heterocycles. The van der Waals surface area contributed by atoms with Gasteiger partial charge in [0.25, 0.3) is 0 Å². The van der Waals surface area contributed by atoms with Crippen molar-refractivity contribution in [2.45, 2.75) is 65.3 Å². The fraction of sp³-hybridized carbons (Fsp3) is 0.941. The average Bonchev–Trinajstić information content (AvgIpc) is 2.40. The lowest BCUT2D eigenvalue weighted by atomic mass is 9.70. The van der Waals surface area contributed by atoms with Crippen LogP contribution in [0.1, 0.15) is 59.3 Å². The number of nitrogens with zero attached hydrogens (tertiary/aromatic N) is 1. The number of carbonyl (C=O) groups excluding carboxylic acids is 1. The topological polar surface area (TPSA) is 32.3 Å². The Bertz CT molecular complexity index is 326. The third-order valence-electron chi connectivity index (χ3n) is 5.39. The molecule has 2 fully saturated rings. The number of amides is 1. The van der Waals surface area contributed by atoms with Crippen LogP contribution in [0, 0.1) is 17.3 Å². The van der Waals surface area contributed by atoms with Gasteiger partial charge in [-0.25, -0.2) is 0 Å². The molecule has 0 aromatic rings. The van der Waals surface area contributed by atoms with E-state index in [2.05, 4.69) is 26.1 Å². The number of rotatable bonds is 3. The van der Waals surface area contributed by atoms with Crippen LogP contribution in [-0.4, -0.2) is 37.0 Å². The Labute approximate surface area is 124 Å². The summed E-state index contributed by atoms with van der Waals surface area (Å²) in [4.78, 5) is 13.3. The molecule has 1 saturated heterocycles. The van der Waals surface area contributed by atoms with Crippen LogP contribution in [0.15, 0.2) is 0 Å². The maximum absolute atomic E-state index is 11.5. The molecule has 3 heteroatoms. The molecule has 1 atom stereocenters. The van der Waals surface area contributed by atoms with Gasteiger partial charge in [-0.2, -0.15) is 0 Å². The second-order valence-electron chi connectivity index (χ2n) is 8.00. The average molecular weight is 280 g/mol. The van der Waals surface area contributed by atoms with E-state index in [4.69, 9.17) is 0 Å². The SMILES string of the molecule is CN1CC(NCC2CCC(C(C)(C)C)CC2)CCC1=O. The number of carbonyl (C=O) groups is 1. The van der Waals surface area contributed by atoms with Crippen LogP contribution in [0.3, 0.4) is 0 Å². The zero-order chi connectivity index (χ0) is 14.8. The van der Waals surface area contributed by atoms with E-state index in [0.717, 1.165) is 31.3 Å². The highest BCUT2D eigenvalue weighted by Gasteiger charge is 2.30. The molecular weight excluding hydrogens is 248 g/mol. The quantitative estimate of drug-likeness (QED) is 0.862. The summed E-state index contributed by atoms with van der Waals surface area (Å²) < 4.78 is 0. The van der Waals surface area contributed by atoms with Crippen molar-refractivity contribution in [2.75, 3.05) is 20.1 Å². The molecule has 0 spiro atoms. The van der Waals surface area contributed by atoms with Gasteiger partial charge < -0.3 is 10.2 Å². The minimum absolute atomic E-state index is 0.300. The van der Waals surface area contributed by atoms with Crippen molar-refractivity contribution < 1.29 is 4.79 Å². The molecule has 0 radical (unpaired) electrons. The summed E-state index contributed by atoms with van der Waals surface area (Å²) >= 11 is 0. The van der Waals surface area contributed by atoms with Gasteiger partial charge >= 0.3 is 0 Å². The van der Waals surface area contributed by atoms with Crippen molar-refractivity contribution in [1.29, 1.82) is 0 Å². The predicted molar refractivity (Wildman–Crippen MR) is 83.6 cm³/mol. The minimum atomic E-state index is 0.300. The largest absolute Gasteiger partial charge is 0.344 e. The van der Waals surface area contributed by atoms with Crippen molar-refractivity contribution in [1.82, 2.24) is 10.2 Å². The van der Waals surface area contributed by atoms with E-state index >= 15 is 0 Å². The first-order chi connectivity index (χ1) is 9.36. The first-order valence-corrected chi connectivity index (χ1v) is 8.33. The van der Waals surface area contributed by atoms with E-state index in [1.54, 1.807) is 0 Å².